The number of benzene rings is 1. The molecule has 7 heteroatoms. The molecule has 1 N–H and O–H groups in total. The van der Waals surface area contributed by atoms with E-state index in [9.17, 15) is 13.6 Å². The predicted molar refractivity (Wildman–Crippen MR) is 91.4 cm³/mol. The van der Waals surface area contributed by atoms with E-state index in [1.54, 1.807) is 0 Å². The zero-order valence-electron chi connectivity index (χ0n) is 14.4. The van der Waals surface area contributed by atoms with Crippen molar-refractivity contribution in [2.24, 2.45) is 0 Å². The van der Waals surface area contributed by atoms with Crippen molar-refractivity contribution in [2.75, 3.05) is 19.7 Å². The Morgan fingerprint density at radius 3 is 3.04 bits per heavy atom. The van der Waals surface area contributed by atoms with Crippen LogP contribution in [-0.2, 0) is 16.1 Å². The lowest BCUT2D eigenvalue weighted by molar-refractivity contribution is -0.118. The quantitative estimate of drug-likeness (QED) is 0.898. The summed E-state index contributed by atoms with van der Waals surface area (Å²) in [4.78, 5) is 16.7. The average molecular weight is 361 g/mol. The summed E-state index contributed by atoms with van der Waals surface area (Å²) in [6, 6.07) is 3.69. The standard InChI is InChI=1S/C19H21F2N3O2/c20-15-4-2-13(17(21)8-15)9-22-19(25)14-3-5-16-11-23-6-1-7-26-18(23)12-24(16)10-14/h2,4,8,10,12,16H,1,3,5-7,9,11H2,(H,22,25). The SMILES string of the molecule is O=C(NCc1ccc(F)cc1F)C1=CN2C=C3OCCCN3CC2CC1. The van der Waals surface area contributed by atoms with Crippen LogP contribution in [0.25, 0.3) is 0 Å². The molecule has 1 amide bonds. The van der Waals surface area contributed by atoms with Crippen molar-refractivity contribution in [1.82, 2.24) is 15.1 Å². The Kier molecular flexibility index (Phi) is 4.53. The van der Waals surface area contributed by atoms with E-state index in [1.807, 2.05) is 17.3 Å². The minimum atomic E-state index is -0.654. The van der Waals surface area contributed by atoms with Crippen molar-refractivity contribution in [3.8, 4) is 0 Å². The molecule has 1 atom stereocenters. The van der Waals surface area contributed by atoms with E-state index in [0.29, 0.717) is 18.0 Å². The second-order valence-electron chi connectivity index (χ2n) is 6.83. The van der Waals surface area contributed by atoms with Gasteiger partial charge in [-0.05, 0) is 25.3 Å². The van der Waals surface area contributed by atoms with Crippen LogP contribution in [0.15, 0.2) is 42.1 Å². The van der Waals surface area contributed by atoms with Gasteiger partial charge >= 0.3 is 0 Å². The first-order chi connectivity index (χ1) is 12.6. The molecule has 1 saturated heterocycles. The molecule has 26 heavy (non-hydrogen) atoms. The summed E-state index contributed by atoms with van der Waals surface area (Å²) >= 11 is 0. The first-order valence-electron chi connectivity index (χ1n) is 8.90. The van der Waals surface area contributed by atoms with E-state index < -0.39 is 11.6 Å². The normalized spacial score (nSPS) is 21.8. The fraction of sp³-hybridized carbons (Fsp3) is 0.421. The molecule has 0 aromatic heterocycles. The average Bonchev–Trinajstić information content (AvgIpc) is 2.65. The van der Waals surface area contributed by atoms with E-state index in [4.69, 9.17) is 4.74 Å². The van der Waals surface area contributed by atoms with Crippen LogP contribution in [0.4, 0.5) is 8.78 Å². The van der Waals surface area contributed by atoms with E-state index in [1.165, 1.54) is 12.1 Å². The Bertz CT molecular complexity index is 778. The number of fused-ring (bicyclic) bond motifs is 2. The minimum absolute atomic E-state index is 0.0314. The molecule has 3 aliphatic heterocycles. The number of carbonyl (C=O) groups excluding carboxylic acids is 1. The van der Waals surface area contributed by atoms with Gasteiger partial charge in [0.1, 0.15) is 11.6 Å². The van der Waals surface area contributed by atoms with Crippen LogP contribution in [0.5, 0.6) is 0 Å². The Morgan fingerprint density at radius 1 is 1.31 bits per heavy atom. The molecule has 5 nitrogen and oxygen atoms in total. The topological polar surface area (TPSA) is 44.8 Å². The molecular weight excluding hydrogens is 340 g/mol. The molecule has 0 radical (unpaired) electrons. The Hall–Kier alpha value is -2.57. The van der Waals surface area contributed by atoms with Gasteiger partial charge in [0, 0.05) is 43.0 Å². The molecule has 0 bridgehead atoms. The van der Waals surface area contributed by atoms with Crippen LogP contribution >= 0.6 is 0 Å². The largest absolute Gasteiger partial charge is 0.478 e. The molecule has 0 saturated carbocycles. The van der Waals surface area contributed by atoms with Gasteiger partial charge in [-0.25, -0.2) is 8.78 Å². The van der Waals surface area contributed by atoms with E-state index in [0.717, 1.165) is 44.5 Å². The molecule has 3 aliphatic rings. The van der Waals surface area contributed by atoms with Crippen LogP contribution in [-0.4, -0.2) is 41.4 Å². The highest BCUT2D eigenvalue weighted by molar-refractivity contribution is 5.93. The number of nitrogens with zero attached hydrogens (tertiary/aromatic N) is 2. The monoisotopic (exact) mass is 361 g/mol. The molecule has 138 valence electrons. The van der Waals surface area contributed by atoms with Gasteiger partial charge in [0.2, 0.25) is 11.8 Å². The van der Waals surface area contributed by atoms with Crippen LogP contribution in [0, 0.1) is 11.6 Å². The highest BCUT2D eigenvalue weighted by atomic mass is 19.1. The highest BCUT2D eigenvalue weighted by Crippen LogP contribution is 2.29. The summed E-state index contributed by atoms with van der Waals surface area (Å²) in [6.07, 6.45) is 6.40. The summed E-state index contributed by atoms with van der Waals surface area (Å²) in [7, 11) is 0. The lowest BCUT2D eigenvalue weighted by atomic mass is 9.98. The maximum absolute atomic E-state index is 13.7. The second kappa shape index (κ2) is 6.97. The maximum atomic E-state index is 13.7. The van der Waals surface area contributed by atoms with Crippen molar-refractivity contribution in [2.45, 2.75) is 31.8 Å². The lowest BCUT2D eigenvalue weighted by Crippen LogP contribution is -2.48. The number of amides is 1. The fourth-order valence-electron chi connectivity index (χ4n) is 3.59. The number of hydrogen-bond acceptors (Lipinski definition) is 4. The summed E-state index contributed by atoms with van der Waals surface area (Å²) in [5.41, 5.74) is 0.922. The Morgan fingerprint density at radius 2 is 2.19 bits per heavy atom. The molecule has 1 fully saturated rings. The van der Waals surface area contributed by atoms with Crippen molar-refractivity contribution >= 4 is 5.91 Å². The summed E-state index contributed by atoms with van der Waals surface area (Å²) < 4.78 is 32.3. The van der Waals surface area contributed by atoms with Gasteiger partial charge in [0.15, 0.2) is 0 Å². The van der Waals surface area contributed by atoms with Gasteiger partial charge in [0.25, 0.3) is 0 Å². The van der Waals surface area contributed by atoms with E-state index in [-0.39, 0.29) is 18.0 Å². The van der Waals surface area contributed by atoms with Crippen LogP contribution in [0.2, 0.25) is 0 Å². The van der Waals surface area contributed by atoms with Crippen LogP contribution in [0.1, 0.15) is 24.8 Å². The third kappa shape index (κ3) is 3.38. The summed E-state index contributed by atoms with van der Waals surface area (Å²) in [5, 5.41) is 2.72. The first-order valence-corrected chi connectivity index (χ1v) is 8.90. The van der Waals surface area contributed by atoms with Gasteiger partial charge in [-0.2, -0.15) is 0 Å². The van der Waals surface area contributed by atoms with Crippen LogP contribution < -0.4 is 5.32 Å². The van der Waals surface area contributed by atoms with Crippen molar-refractivity contribution in [1.29, 1.82) is 0 Å². The number of ether oxygens (including phenoxy) is 1. The molecule has 3 heterocycles. The van der Waals surface area contributed by atoms with Gasteiger partial charge in [-0.1, -0.05) is 6.07 Å². The van der Waals surface area contributed by atoms with Crippen molar-refractivity contribution < 1.29 is 18.3 Å². The second-order valence-corrected chi connectivity index (χ2v) is 6.83. The predicted octanol–water partition coefficient (Wildman–Crippen LogP) is 2.46. The van der Waals surface area contributed by atoms with Crippen LogP contribution in [0.3, 0.4) is 0 Å². The smallest absolute Gasteiger partial charge is 0.248 e. The number of hydrogen-bond donors (Lipinski definition) is 1. The number of nitrogens with one attached hydrogen (secondary N) is 1. The molecule has 1 unspecified atom stereocenters. The molecular formula is C19H21F2N3O2. The van der Waals surface area contributed by atoms with Gasteiger partial charge in [-0.15, -0.1) is 0 Å². The summed E-state index contributed by atoms with van der Waals surface area (Å²) in [5.74, 6) is -0.648. The summed E-state index contributed by atoms with van der Waals surface area (Å²) in [6.45, 7) is 2.67. The Balaban J connectivity index is 1.43. The van der Waals surface area contributed by atoms with Gasteiger partial charge in [0.05, 0.1) is 18.8 Å². The minimum Gasteiger partial charge on any atom is -0.478 e. The number of carbonyl (C=O) groups is 1. The first kappa shape index (κ1) is 16.9. The molecule has 4 rings (SSSR count). The van der Waals surface area contributed by atoms with E-state index >= 15 is 0 Å². The van der Waals surface area contributed by atoms with Gasteiger partial charge < -0.3 is 19.9 Å². The molecule has 0 aliphatic carbocycles. The van der Waals surface area contributed by atoms with Gasteiger partial charge in [-0.3, -0.25) is 4.79 Å². The number of rotatable bonds is 3. The number of halogens is 2. The lowest BCUT2D eigenvalue weighted by Gasteiger charge is -2.44. The molecule has 1 aromatic carbocycles. The zero-order chi connectivity index (χ0) is 18.1. The fourth-order valence-corrected chi connectivity index (χ4v) is 3.59. The molecule has 0 spiro atoms. The van der Waals surface area contributed by atoms with Crippen molar-refractivity contribution in [3.05, 3.63) is 59.3 Å². The molecule has 1 aromatic rings. The van der Waals surface area contributed by atoms with Crippen molar-refractivity contribution in [3.63, 3.8) is 0 Å². The third-order valence-electron chi connectivity index (χ3n) is 5.04. The zero-order valence-corrected chi connectivity index (χ0v) is 14.4. The van der Waals surface area contributed by atoms with E-state index in [2.05, 4.69) is 10.2 Å². The third-order valence-corrected chi connectivity index (χ3v) is 5.04. The highest BCUT2D eigenvalue weighted by Gasteiger charge is 2.32. The maximum Gasteiger partial charge on any atom is 0.248 e. The Labute approximate surface area is 150 Å².